The second-order valence-electron chi connectivity index (χ2n) is 10.3. The third kappa shape index (κ3) is 6.13. The zero-order valence-corrected chi connectivity index (χ0v) is 23.3. The van der Waals surface area contributed by atoms with Gasteiger partial charge in [0.1, 0.15) is 17.5 Å². The van der Waals surface area contributed by atoms with Crippen LogP contribution in [0.2, 0.25) is 0 Å². The summed E-state index contributed by atoms with van der Waals surface area (Å²) < 4.78 is 73.0. The van der Waals surface area contributed by atoms with Crippen LogP contribution in [0.4, 0.5) is 45.1 Å². The lowest BCUT2D eigenvalue weighted by molar-refractivity contribution is -0.137. The summed E-state index contributed by atoms with van der Waals surface area (Å²) in [6.45, 7) is 1.32. The van der Waals surface area contributed by atoms with Gasteiger partial charge in [-0.05, 0) is 85.3 Å². The lowest BCUT2D eigenvalue weighted by atomic mass is 9.92. The lowest BCUT2D eigenvalue weighted by Gasteiger charge is -2.19. The Balaban J connectivity index is 1.25. The van der Waals surface area contributed by atoms with Gasteiger partial charge in [-0.15, -0.1) is 0 Å². The van der Waals surface area contributed by atoms with Crippen LogP contribution in [0.15, 0.2) is 71.8 Å². The van der Waals surface area contributed by atoms with Crippen molar-refractivity contribution in [1.29, 1.82) is 0 Å². The van der Waals surface area contributed by atoms with Crippen molar-refractivity contribution in [1.82, 2.24) is 14.7 Å². The van der Waals surface area contributed by atoms with Gasteiger partial charge in [0.2, 0.25) is 11.9 Å². The molecule has 1 aromatic heterocycles. The molecule has 0 unspecified atom stereocenters. The van der Waals surface area contributed by atoms with E-state index < -0.39 is 34.7 Å². The number of alkyl halides is 3. The fourth-order valence-corrected chi connectivity index (χ4v) is 5.64. The van der Waals surface area contributed by atoms with Gasteiger partial charge in [0.05, 0.1) is 16.7 Å². The second kappa shape index (κ2) is 11.5. The van der Waals surface area contributed by atoms with E-state index in [-0.39, 0.29) is 24.1 Å². The van der Waals surface area contributed by atoms with Crippen LogP contribution in [-0.2, 0) is 16.4 Å². The number of carbonyl (C=O) groups excluding carboxylic acids is 1. The molecule has 3 aromatic carbocycles. The molecule has 4 aromatic rings. The number of anilines is 4. The van der Waals surface area contributed by atoms with Gasteiger partial charge in [-0.25, -0.2) is 13.8 Å². The van der Waals surface area contributed by atoms with Crippen LogP contribution < -0.4 is 20.7 Å². The molecular formula is C30H25F5N6OS. The number of fused-ring (bicyclic) bond motifs is 4. The number of hydrogen-bond donors (Lipinski definition) is 4. The highest BCUT2D eigenvalue weighted by Crippen LogP contribution is 2.51. The van der Waals surface area contributed by atoms with E-state index in [1.54, 1.807) is 12.3 Å². The zero-order valence-electron chi connectivity index (χ0n) is 22.5. The molecule has 1 saturated carbocycles. The molecule has 7 nitrogen and oxygen atoms in total. The number of halogens is 5. The minimum Gasteiger partial charge on any atom is -0.369 e. The number of aromatic nitrogens is 2. The molecule has 1 fully saturated rings. The van der Waals surface area contributed by atoms with E-state index in [2.05, 4.69) is 30.6 Å². The molecule has 43 heavy (non-hydrogen) atoms. The highest BCUT2D eigenvalue weighted by Gasteiger charge is 2.53. The van der Waals surface area contributed by atoms with Crippen LogP contribution in [0.5, 0.6) is 0 Å². The van der Waals surface area contributed by atoms with Crippen LogP contribution in [0.3, 0.4) is 0 Å². The van der Waals surface area contributed by atoms with E-state index >= 15 is 4.39 Å². The first kappa shape index (κ1) is 28.9. The molecule has 4 bridgehead atoms. The van der Waals surface area contributed by atoms with E-state index in [1.807, 2.05) is 24.3 Å². The van der Waals surface area contributed by atoms with Crippen LogP contribution in [-0.4, -0.2) is 29.0 Å². The third-order valence-corrected chi connectivity index (χ3v) is 8.18. The molecular weight excluding hydrogens is 587 g/mol. The first-order valence-corrected chi connectivity index (χ1v) is 14.3. The second-order valence-corrected chi connectivity index (χ2v) is 11.3. The van der Waals surface area contributed by atoms with Crippen LogP contribution in [0, 0.1) is 11.6 Å². The third-order valence-electron chi connectivity index (χ3n) is 7.34. The maximum Gasteiger partial charge on any atom is 0.416 e. The van der Waals surface area contributed by atoms with E-state index in [0.29, 0.717) is 47.6 Å². The Morgan fingerprint density at radius 3 is 2.58 bits per heavy atom. The predicted molar refractivity (Wildman–Crippen MR) is 155 cm³/mol. The Kier molecular flexibility index (Phi) is 7.69. The summed E-state index contributed by atoms with van der Waals surface area (Å²) in [5, 5.41) is 8.91. The van der Waals surface area contributed by atoms with Crippen molar-refractivity contribution in [2.75, 3.05) is 29.0 Å². The zero-order chi connectivity index (χ0) is 30.2. The maximum atomic E-state index is 15.3. The lowest BCUT2D eigenvalue weighted by Crippen LogP contribution is -2.29. The van der Waals surface area contributed by atoms with Crippen molar-refractivity contribution in [3.63, 3.8) is 0 Å². The van der Waals surface area contributed by atoms with Gasteiger partial charge >= 0.3 is 6.18 Å². The highest BCUT2D eigenvalue weighted by molar-refractivity contribution is 7.97. The first-order chi connectivity index (χ1) is 20.6. The Morgan fingerprint density at radius 1 is 0.977 bits per heavy atom. The molecule has 6 rings (SSSR count). The molecule has 0 atom stereocenters. The number of benzene rings is 3. The fourth-order valence-electron chi connectivity index (χ4n) is 4.89. The van der Waals surface area contributed by atoms with Crippen LogP contribution >= 0.6 is 11.9 Å². The van der Waals surface area contributed by atoms with Crippen molar-refractivity contribution in [3.05, 3.63) is 89.6 Å². The molecule has 0 spiro atoms. The molecule has 2 aliphatic rings. The fraction of sp³-hybridized carbons (Fsp3) is 0.233. The van der Waals surface area contributed by atoms with Crippen molar-refractivity contribution >= 4 is 41.0 Å². The van der Waals surface area contributed by atoms with Crippen molar-refractivity contribution in [2.24, 2.45) is 0 Å². The molecule has 2 heterocycles. The van der Waals surface area contributed by atoms with Crippen molar-refractivity contribution in [2.45, 2.75) is 35.7 Å². The predicted octanol–water partition coefficient (Wildman–Crippen LogP) is 7.27. The van der Waals surface area contributed by atoms with E-state index in [4.69, 9.17) is 0 Å². The number of nitrogens with one attached hydrogen (secondary N) is 4. The molecule has 222 valence electrons. The summed E-state index contributed by atoms with van der Waals surface area (Å²) in [5.74, 6) is -1.64. The first-order valence-electron chi connectivity index (χ1n) is 13.5. The van der Waals surface area contributed by atoms with Gasteiger partial charge in [0.15, 0.2) is 0 Å². The minimum absolute atomic E-state index is 0.141. The normalized spacial score (nSPS) is 16.0. The summed E-state index contributed by atoms with van der Waals surface area (Å²) >= 11 is 1.52. The highest BCUT2D eigenvalue weighted by atomic mass is 32.2. The average molecular weight is 613 g/mol. The summed E-state index contributed by atoms with van der Waals surface area (Å²) in [7, 11) is 0. The smallest absolute Gasteiger partial charge is 0.369 e. The monoisotopic (exact) mass is 612 g/mol. The topological polar surface area (TPSA) is 91.0 Å². The summed E-state index contributed by atoms with van der Waals surface area (Å²) in [6, 6.07) is 13.9. The van der Waals surface area contributed by atoms with Gasteiger partial charge < -0.3 is 16.0 Å². The molecule has 0 radical (unpaired) electrons. The van der Waals surface area contributed by atoms with Gasteiger partial charge in [-0.3, -0.25) is 9.52 Å². The van der Waals surface area contributed by atoms with E-state index in [9.17, 15) is 22.4 Å². The van der Waals surface area contributed by atoms with E-state index in [0.717, 1.165) is 23.5 Å². The molecule has 13 heteroatoms. The van der Waals surface area contributed by atoms with Crippen LogP contribution in [0.1, 0.15) is 30.4 Å². The molecule has 1 aliphatic carbocycles. The largest absolute Gasteiger partial charge is 0.416 e. The SMILES string of the molecule is O=C(Nc1ccc(-c2cnc3nc2NCCCNSc2cccc(c2)N3)cc1F)C1(c2cc(C(F)(F)F)ccc2F)CC1. The number of hydrogen-bond acceptors (Lipinski definition) is 7. The van der Waals surface area contributed by atoms with Crippen molar-refractivity contribution in [3.8, 4) is 11.1 Å². The van der Waals surface area contributed by atoms with Gasteiger partial charge in [0.25, 0.3) is 0 Å². The summed E-state index contributed by atoms with van der Waals surface area (Å²) in [6.07, 6.45) is -2.06. The molecule has 4 N–H and O–H groups in total. The number of nitrogens with zero attached hydrogens (tertiary/aromatic N) is 2. The maximum absolute atomic E-state index is 15.3. The van der Waals surface area contributed by atoms with Gasteiger partial charge in [0, 0.05) is 41.0 Å². The minimum atomic E-state index is -4.70. The molecule has 0 saturated heterocycles. The summed E-state index contributed by atoms with van der Waals surface area (Å²) in [4.78, 5) is 23.2. The Morgan fingerprint density at radius 2 is 1.81 bits per heavy atom. The Hall–Kier alpha value is -4.23. The number of carbonyl (C=O) groups is 1. The quantitative estimate of drug-likeness (QED) is 0.142. The standard InChI is InChI=1S/C30H25F5N6OS/c31-23-7-6-18(30(33,34)35)14-22(23)29(9-10-29)27(42)40-25-8-5-17(13-24(25)32)21-16-37-28-39-19-3-1-4-20(15-19)43-38-12-2-11-36-26(21)41-28/h1,3-8,13-16,38H,2,9-12H2,(H,40,42)(H2,36,37,39,41). The van der Waals surface area contributed by atoms with Gasteiger partial charge in [-0.2, -0.15) is 18.2 Å². The average Bonchev–Trinajstić information content (AvgIpc) is 3.78. The number of amides is 1. The van der Waals surface area contributed by atoms with Gasteiger partial charge in [-0.1, -0.05) is 12.1 Å². The molecule has 1 amide bonds. The van der Waals surface area contributed by atoms with Crippen LogP contribution in [0.25, 0.3) is 11.1 Å². The van der Waals surface area contributed by atoms with E-state index in [1.165, 1.54) is 24.1 Å². The summed E-state index contributed by atoms with van der Waals surface area (Å²) in [5.41, 5.74) is -1.32. The number of rotatable bonds is 4. The Labute approximate surface area is 247 Å². The van der Waals surface area contributed by atoms with Crippen molar-refractivity contribution < 1.29 is 26.7 Å². The molecule has 1 aliphatic heterocycles. The Bertz CT molecular complexity index is 1690.